The normalized spacial score (nSPS) is 17.9. The number of hydrogen-bond acceptors (Lipinski definition) is 4. The molecular weight excluding hydrogens is 501 g/mol. The number of fused-ring (bicyclic) bond motifs is 1. The zero-order chi connectivity index (χ0) is 28.1. The van der Waals surface area contributed by atoms with E-state index in [1.54, 1.807) is 22.8 Å². The van der Waals surface area contributed by atoms with E-state index in [1.165, 1.54) is 19.2 Å². The van der Waals surface area contributed by atoms with Gasteiger partial charge in [0.2, 0.25) is 5.91 Å². The SMILES string of the molecule is Cc1ccc(F)c(C(=O)N[C@@H](C(=O)N2CCC3(CC2)C(=O)N(C)C(=O)N3c2ccc3[nH]ccc3c2)C(C)C)c1. The molecule has 3 heterocycles. The van der Waals surface area contributed by atoms with Gasteiger partial charge in [-0.1, -0.05) is 25.5 Å². The molecule has 1 atom stereocenters. The summed E-state index contributed by atoms with van der Waals surface area (Å²) in [7, 11) is 1.48. The van der Waals surface area contributed by atoms with Crippen LogP contribution in [0.5, 0.6) is 0 Å². The number of amides is 5. The average Bonchev–Trinajstić information content (AvgIpc) is 3.45. The van der Waals surface area contributed by atoms with E-state index in [-0.39, 0.29) is 49.2 Å². The van der Waals surface area contributed by atoms with Crippen LogP contribution in [0.2, 0.25) is 0 Å². The van der Waals surface area contributed by atoms with E-state index in [1.807, 2.05) is 44.3 Å². The minimum absolute atomic E-state index is 0.112. The Hall–Kier alpha value is -4.21. The van der Waals surface area contributed by atoms with Crippen LogP contribution < -0.4 is 10.2 Å². The van der Waals surface area contributed by atoms with Crippen molar-refractivity contribution < 1.29 is 23.6 Å². The third kappa shape index (κ3) is 4.43. The number of likely N-dealkylation sites (N-methyl/N-ethyl adjacent to an activating group) is 1. The second kappa shape index (κ2) is 9.83. The average molecular weight is 534 g/mol. The Bertz CT molecular complexity index is 1470. The summed E-state index contributed by atoms with van der Waals surface area (Å²) in [5.41, 5.74) is 1.06. The quantitative estimate of drug-likeness (QED) is 0.486. The van der Waals surface area contributed by atoms with E-state index in [0.29, 0.717) is 5.69 Å². The molecule has 0 radical (unpaired) electrons. The van der Waals surface area contributed by atoms with Gasteiger partial charge in [0.15, 0.2) is 0 Å². The van der Waals surface area contributed by atoms with Crippen LogP contribution in [0.4, 0.5) is 14.9 Å². The Kier molecular flexibility index (Phi) is 6.65. The number of imide groups is 1. The highest BCUT2D eigenvalue weighted by Gasteiger charge is 2.58. The number of H-pyrrole nitrogens is 1. The Balaban J connectivity index is 1.36. The monoisotopic (exact) mass is 533 g/mol. The van der Waals surface area contributed by atoms with Crippen molar-refractivity contribution in [3.05, 3.63) is 65.6 Å². The van der Waals surface area contributed by atoms with Crippen molar-refractivity contribution in [2.45, 2.75) is 45.2 Å². The zero-order valence-electron chi connectivity index (χ0n) is 22.5. The van der Waals surface area contributed by atoms with Gasteiger partial charge < -0.3 is 15.2 Å². The summed E-state index contributed by atoms with van der Waals surface area (Å²) < 4.78 is 14.3. The molecule has 0 bridgehead atoms. The lowest BCUT2D eigenvalue weighted by Crippen LogP contribution is -2.60. The van der Waals surface area contributed by atoms with Crippen molar-refractivity contribution in [2.75, 3.05) is 25.0 Å². The molecule has 2 aliphatic rings. The summed E-state index contributed by atoms with van der Waals surface area (Å²) in [5.74, 6) is -2.15. The maximum Gasteiger partial charge on any atom is 0.331 e. The fourth-order valence-electron chi connectivity index (χ4n) is 5.64. The van der Waals surface area contributed by atoms with Gasteiger partial charge in [-0.15, -0.1) is 0 Å². The summed E-state index contributed by atoms with van der Waals surface area (Å²) in [6, 6.07) is 10.5. The number of likely N-dealkylation sites (tertiary alicyclic amines) is 1. The molecule has 2 aromatic carbocycles. The molecule has 3 aromatic rings. The molecule has 5 rings (SSSR count). The summed E-state index contributed by atoms with van der Waals surface area (Å²) in [6.07, 6.45) is 2.32. The molecule has 2 N–H and O–H groups in total. The van der Waals surface area contributed by atoms with Crippen molar-refractivity contribution in [3.8, 4) is 0 Å². The second-order valence-corrected chi connectivity index (χ2v) is 10.8. The number of carbonyl (C=O) groups excluding carboxylic acids is 4. The summed E-state index contributed by atoms with van der Waals surface area (Å²) in [4.78, 5) is 60.6. The summed E-state index contributed by atoms with van der Waals surface area (Å²) >= 11 is 0. The van der Waals surface area contributed by atoms with Gasteiger partial charge in [0.05, 0.1) is 5.56 Å². The van der Waals surface area contributed by atoms with Crippen molar-refractivity contribution in [3.63, 3.8) is 0 Å². The number of benzene rings is 2. The fourth-order valence-corrected chi connectivity index (χ4v) is 5.64. The third-order valence-electron chi connectivity index (χ3n) is 7.89. The molecule has 1 spiro atoms. The lowest BCUT2D eigenvalue weighted by Gasteiger charge is -2.43. The molecule has 0 unspecified atom stereocenters. The van der Waals surface area contributed by atoms with Gasteiger partial charge in [0, 0.05) is 42.9 Å². The number of piperidine rings is 1. The molecule has 2 fully saturated rings. The minimum atomic E-state index is -1.10. The van der Waals surface area contributed by atoms with Crippen LogP contribution in [-0.4, -0.2) is 70.3 Å². The fraction of sp³-hybridized carbons (Fsp3) is 0.379. The van der Waals surface area contributed by atoms with Crippen molar-refractivity contribution in [1.29, 1.82) is 0 Å². The molecule has 39 heavy (non-hydrogen) atoms. The molecule has 9 nitrogen and oxygen atoms in total. The van der Waals surface area contributed by atoms with Crippen LogP contribution in [0.25, 0.3) is 10.9 Å². The molecule has 0 saturated carbocycles. The van der Waals surface area contributed by atoms with Crippen LogP contribution in [0.3, 0.4) is 0 Å². The van der Waals surface area contributed by atoms with Gasteiger partial charge in [0.25, 0.3) is 11.8 Å². The molecule has 10 heteroatoms. The zero-order valence-corrected chi connectivity index (χ0v) is 22.5. The number of aryl methyl sites for hydroxylation is 1. The van der Waals surface area contributed by atoms with Gasteiger partial charge in [0.1, 0.15) is 17.4 Å². The molecule has 5 amide bonds. The minimum Gasteiger partial charge on any atom is -0.361 e. The van der Waals surface area contributed by atoms with E-state index in [0.717, 1.165) is 21.4 Å². The standard InChI is InChI=1S/C29H32FN5O4/c1-17(2)24(32-25(36)21-15-18(3)5-7-22(21)30)26(37)34-13-10-29(11-14-34)27(38)33(4)28(39)35(29)20-6-8-23-19(16-20)9-12-31-23/h5-9,12,15-17,24,31H,10-11,13-14H2,1-4H3,(H,32,36)/t24-/m1/s1. The Morgan fingerprint density at radius 1 is 1.05 bits per heavy atom. The van der Waals surface area contributed by atoms with Gasteiger partial charge in [-0.3, -0.25) is 24.2 Å². The van der Waals surface area contributed by atoms with Crippen molar-refractivity contribution in [2.24, 2.45) is 5.92 Å². The van der Waals surface area contributed by atoms with E-state index in [9.17, 15) is 23.6 Å². The number of halogens is 1. The van der Waals surface area contributed by atoms with Crippen LogP contribution in [0.1, 0.15) is 42.6 Å². The van der Waals surface area contributed by atoms with Crippen LogP contribution in [-0.2, 0) is 9.59 Å². The largest absolute Gasteiger partial charge is 0.361 e. The maximum atomic E-state index is 14.3. The Morgan fingerprint density at radius 3 is 2.46 bits per heavy atom. The number of nitrogens with zero attached hydrogens (tertiary/aromatic N) is 3. The first-order chi connectivity index (χ1) is 18.5. The van der Waals surface area contributed by atoms with Gasteiger partial charge in [-0.25, -0.2) is 9.18 Å². The van der Waals surface area contributed by atoms with Crippen LogP contribution in [0, 0.1) is 18.7 Å². The van der Waals surface area contributed by atoms with E-state index >= 15 is 0 Å². The topological polar surface area (TPSA) is 106 Å². The highest BCUT2D eigenvalue weighted by molar-refractivity contribution is 6.17. The smallest absolute Gasteiger partial charge is 0.331 e. The predicted molar refractivity (Wildman–Crippen MR) is 145 cm³/mol. The highest BCUT2D eigenvalue weighted by Crippen LogP contribution is 2.41. The van der Waals surface area contributed by atoms with E-state index in [2.05, 4.69) is 10.3 Å². The van der Waals surface area contributed by atoms with Gasteiger partial charge in [-0.2, -0.15) is 0 Å². The number of aromatic amines is 1. The maximum absolute atomic E-state index is 14.3. The lowest BCUT2D eigenvalue weighted by molar-refractivity contribution is -0.139. The number of aromatic nitrogens is 1. The lowest BCUT2D eigenvalue weighted by atomic mass is 9.85. The molecule has 2 aliphatic heterocycles. The van der Waals surface area contributed by atoms with Gasteiger partial charge >= 0.3 is 6.03 Å². The van der Waals surface area contributed by atoms with Crippen molar-refractivity contribution in [1.82, 2.24) is 20.1 Å². The third-order valence-corrected chi connectivity index (χ3v) is 7.89. The number of hydrogen-bond donors (Lipinski definition) is 2. The second-order valence-electron chi connectivity index (χ2n) is 10.8. The Labute approximate surface area is 225 Å². The molecule has 1 aromatic heterocycles. The van der Waals surface area contributed by atoms with Crippen LogP contribution >= 0.6 is 0 Å². The molecule has 2 saturated heterocycles. The first kappa shape index (κ1) is 26.4. The summed E-state index contributed by atoms with van der Waals surface area (Å²) in [5, 5.41) is 3.64. The number of nitrogens with one attached hydrogen (secondary N) is 2. The number of urea groups is 1. The molecular formula is C29H32FN5O4. The number of anilines is 1. The predicted octanol–water partition coefficient (Wildman–Crippen LogP) is 3.83. The van der Waals surface area contributed by atoms with E-state index < -0.39 is 29.3 Å². The first-order valence-corrected chi connectivity index (χ1v) is 13.1. The van der Waals surface area contributed by atoms with Crippen LogP contribution in [0.15, 0.2) is 48.7 Å². The first-order valence-electron chi connectivity index (χ1n) is 13.1. The summed E-state index contributed by atoms with van der Waals surface area (Å²) in [6.45, 7) is 5.85. The molecule has 0 aliphatic carbocycles. The van der Waals surface area contributed by atoms with Gasteiger partial charge in [-0.05, 0) is 62.1 Å². The van der Waals surface area contributed by atoms with Crippen molar-refractivity contribution >= 4 is 40.3 Å². The Morgan fingerprint density at radius 2 is 1.77 bits per heavy atom. The molecule has 204 valence electrons. The number of carbonyl (C=O) groups is 4. The van der Waals surface area contributed by atoms with E-state index in [4.69, 9.17) is 0 Å². The highest BCUT2D eigenvalue weighted by atomic mass is 19.1. The number of rotatable bonds is 5.